The number of nitrogens with zero attached hydrogens (tertiary/aromatic N) is 5. The van der Waals surface area contributed by atoms with Gasteiger partial charge in [-0.05, 0) is 18.6 Å². The molecule has 0 bridgehead atoms. The number of aryl methyl sites for hydroxylation is 3. The van der Waals surface area contributed by atoms with Crippen LogP contribution in [0.3, 0.4) is 0 Å². The van der Waals surface area contributed by atoms with E-state index in [4.69, 9.17) is 4.42 Å². The molecule has 0 fully saturated rings. The summed E-state index contributed by atoms with van der Waals surface area (Å²) >= 11 is 0. The van der Waals surface area contributed by atoms with Crippen LogP contribution in [0.4, 0.5) is 0 Å². The molecule has 0 aliphatic heterocycles. The van der Waals surface area contributed by atoms with Crippen molar-refractivity contribution in [3.8, 4) is 22.7 Å². The van der Waals surface area contributed by atoms with Crippen LogP contribution in [0.5, 0.6) is 0 Å². The first-order valence-corrected chi connectivity index (χ1v) is 8.77. The van der Waals surface area contributed by atoms with Crippen molar-refractivity contribution in [2.45, 2.75) is 32.7 Å². The van der Waals surface area contributed by atoms with Gasteiger partial charge in [-0.25, -0.2) is 4.98 Å². The van der Waals surface area contributed by atoms with Gasteiger partial charge in [0.25, 0.3) is 0 Å². The van der Waals surface area contributed by atoms with Crippen molar-refractivity contribution in [2.24, 2.45) is 0 Å². The van der Waals surface area contributed by atoms with Gasteiger partial charge in [0.1, 0.15) is 11.5 Å². The van der Waals surface area contributed by atoms with Gasteiger partial charge in [0, 0.05) is 24.9 Å². The van der Waals surface area contributed by atoms with E-state index < -0.39 is 0 Å². The third-order valence-electron chi connectivity index (χ3n) is 4.32. The second kappa shape index (κ2) is 7.35. The monoisotopic (exact) mass is 348 g/mol. The number of benzene rings is 1. The first-order chi connectivity index (χ1) is 12.8. The molecule has 0 atom stereocenters. The lowest BCUT2D eigenvalue weighted by Crippen LogP contribution is -2.01. The summed E-state index contributed by atoms with van der Waals surface area (Å²) in [5.74, 6) is 2.54. The Bertz CT molecular complexity index is 955. The molecule has 0 saturated carbocycles. The smallest absolute Gasteiger partial charge is 0.174 e. The zero-order valence-corrected chi connectivity index (χ0v) is 14.6. The number of imidazole rings is 1. The summed E-state index contributed by atoms with van der Waals surface area (Å²) in [5.41, 5.74) is 3.01. The van der Waals surface area contributed by atoms with Gasteiger partial charge >= 0.3 is 0 Å². The topological polar surface area (TPSA) is 85.4 Å². The number of nitrogens with one attached hydrogen (secondary N) is 1. The number of aromatic amines is 1. The fourth-order valence-electron chi connectivity index (χ4n) is 3.01. The zero-order valence-electron chi connectivity index (χ0n) is 14.6. The molecule has 1 N–H and O–H groups in total. The quantitative estimate of drug-likeness (QED) is 0.552. The van der Waals surface area contributed by atoms with Gasteiger partial charge < -0.3 is 8.98 Å². The van der Waals surface area contributed by atoms with Gasteiger partial charge in [0.15, 0.2) is 11.6 Å². The predicted molar refractivity (Wildman–Crippen MR) is 97.2 cm³/mol. The Kier molecular flexibility index (Phi) is 4.59. The van der Waals surface area contributed by atoms with Crippen LogP contribution in [0.1, 0.15) is 24.9 Å². The number of furan rings is 1. The lowest BCUT2D eigenvalue weighted by Gasteiger charge is -2.08. The van der Waals surface area contributed by atoms with E-state index in [2.05, 4.69) is 49.2 Å². The number of hydrogen-bond acceptors (Lipinski definition) is 5. The minimum Gasteiger partial charge on any atom is -0.459 e. The highest BCUT2D eigenvalue weighted by Crippen LogP contribution is 2.32. The Morgan fingerprint density at radius 1 is 1.12 bits per heavy atom. The molecular weight excluding hydrogens is 328 g/mol. The Balaban J connectivity index is 1.65. The molecule has 1 aromatic carbocycles. The molecule has 4 aromatic rings. The first kappa shape index (κ1) is 16.3. The van der Waals surface area contributed by atoms with Gasteiger partial charge in [-0.2, -0.15) is 5.21 Å². The lowest BCUT2D eigenvalue weighted by molar-refractivity contribution is 0.521. The van der Waals surface area contributed by atoms with Gasteiger partial charge in [-0.1, -0.05) is 42.5 Å². The van der Waals surface area contributed by atoms with Gasteiger partial charge in [0.2, 0.25) is 0 Å². The van der Waals surface area contributed by atoms with E-state index in [9.17, 15) is 0 Å². The van der Waals surface area contributed by atoms with Gasteiger partial charge in [-0.3, -0.25) is 0 Å². The molecule has 26 heavy (non-hydrogen) atoms. The maximum Gasteiger partial charge on any atom is 0.174 e. The largest absolute Gasteiger partial charge is 0.459 e. The first-order valence-electron chi connectivity index (χ1n) is 8.77. The summed E-state index contributed by atoms with van der Waals surface area (Å²) in [4.78, 5) is 4.67. The van der Waals surface area contributed by atoms with Gasteiger partial charge in [-0.15, -0.1) is 10.2 Å². The number of hydrogen-bond donors (Lipinski definition) is 1. The highest BCUT2D eigenvalue weighted by Gasteiger charge is 2.18. The molecule has 0 spiro atoms. The van der Waals surface area contributed by atoms with Crippen molar-refractivity contribution >= 4 is 0 Å². The molecule has 0 amide bonds. The molecule has 0 radical (unpaired) electrons. The Hall–Kier alpha value is -3.22. The molecular formula is C19H20N6O. The molecule has 0 saturated heterocycles. The number of rotatable bonds is 7. The van der Waals surface area contributed by atoms with E-state index in [0.29, 0.717) is 0 Å². The highest BCUT2D eigenvalue weighted by molar-refractivity contribution is 5.76. The maximum atomic E-state index is 6.03. The Morgan fingerprint density at radius 2 is 2.00 bits per heavy atom. The molecule has 4 rings (SSSR count). The minimum atomic E-state index is 0.723. The molecule has 7 heteroatoms. The van der Waals surface area contributed by atoms with Crippen molar-refractivity contribution in [1.82, 2.24) is 30.2 Å². The van der Waals surface area contributed by atoms with Crippen LogP contribution < -0.4 is 0 Å². The van der Waals surface area contributed by atoms with Crippen LogP contribution in [0.15, 0.2) is 53.2 Å². The van der Waals surface area contributed by atoms with Crippen LogP contribution in [0.25, 0.3) is 22.7 Å². The zero-order chi connectivity index (χ0) is 17.8. The summed E-state index contributed by atoms with van der Waals surface area (Å²) < 4.78 is 8.17. The van der Waals surface area contributed by atoms with Crippen LogP contribution in [0.2, 0.25) is 0 Å². The summed E-state index contributed by atoms with van der Waals surface area (Å²) in [6, 6.07) is 14.2. The summed E-state index contributed by atoms with van der Waals surface area (Å²) in [5, 5.41) is 14.1. The third-order valence-corrected chi connectivity index (χ3v) is 4.32. The van der Waals surface area contributed by atoms with Crippen molar-refractivity contribution in [3.05, 3.63) is 60.4 Å². The van der Waals surface area contributed by atoms with Crippen LogP contribution in [-0.4, -0.2) is 30.2 Å². The molecule has 0 unspecified atom stereocenters. The third kappa shape index (κ3) is 3.28. The lowest BCUT2D eigenvalue weighted by atomic mass is 10.1. The molecule has 0 aliphatic carbocycles. The van der Waals surface area contributed by atoms with Crippen LogP contribution >= 0.6 is 0 Å². The van der Waals surface area contributed by atoms with E-state index in [1.165, 1.54) is 0 Å². The molecule has 7 nitrogen and oxygen atoms in total. The summed E-state index contributed by atoms with van der Waals surface area (Å²) in [6.45, 7) is 2.88. The normalized spacial score (nSPS) is 11.1. The SMILES string of the molecule is CCc1ccc(-c2c(-c3ccccc3)ncn2CCCc2nn[nH]n2)o1. The Morgan fingerprint density at radius 3 is 2.73 bits per heavy atom. The summed E-state index contributed by atoms with van der Waals surface area (Å²) in [7, 11) is 0. The van der Waals surface area contributed by atoms with Crippen molar-refractivity contribution in [3.63, 3.8) is 0 Å². The van der Waals surface area contributed by atoms with E-state index in [1.54, 1.807) is 0 Å². The number of aromatic nitrogens is 6. The maximum absolute atomic E-state index is 6.03. The molecule has 3 aromatic heterocycles. The van der Waals surface area contributed by atoms with E-state index in [1.807, 2.05) is 36.7 Å². The number of tetrazole rings is 1. The van der Waals surface area contributed by atoms with Crippen molar-refractivity contribution < 1.29 is 4.42 Å². The van der Waals surface area contributed by atoms with Crippen LogP contribution in [-0.2, 0) is 19.4 Å². The Labute approximate surface area is 151 Å². The second-order valence-corrected chi connectivity index (χ2v) is 6.05. The van der Waals surface area contributed by atoms with E-state index in [0.717, 1.165) is 60.1 Å². The minimum absolute atomic E-state index is 0.723. The standard InChI is InChI=1S/C19H20N6O/c1-2-15-10-11-16(26-15)19-18(14-7-4-3-5-8-14)20-13-25(19)12-6-9-17-21-23-24-22-17/h3-5,7-8,10-11,13H,2,6,9,12H2,1H3,(H,21,22,23,24). The molecule has 0 aliphatic rings. The fourth-order valence-corrected chi connectivity index (χ4v) is 3.01. The van der Waals surface area contributed by atoms with Crippen molar-refractivity contribution in [2.75, 3.05) is 0 Å². The second-order valence-electron chi connectivity index (χ2n) is 6.05. The highest BCUT2D eigenvalue weighted by atomic mass is 16.3. The fraction of sp³-hybridized carbons (Fsp3) is 0.263. The molecule has 132 valence electrons. The summed E-state index contributed by atoms with van der Waals surface area (Å²) in [6.07, 6.45) is 4.39. The van der Waals surface area contributed by atoms with Crippen molar-refractivity contribution in [1.29, 1.82) is 0 Å². The van der Waals surface area contributed by atoms with Gasteiger partial charge in [0.05, 0.1) is 12.0 Å². The predicted octanol–water partition coefficient (Wildman–Crippen LogP) is 3.52. The molecule has 3 heterocycles. The number of H-pyrrole nitrogens is 1. The average molecular weight is 348 g/mol. The van der Waals surface area contributed by atoms with E-state index >= 15 is 0 Å². The van der Waals surface area contributed by atoms with E-state index in [-0.39, 0.29) is 0 Å². The van der Waals surface area contributed by atoms with Crippen LogP contribution in [0, 0.1) is 0 Å². The average Bonchev–Trinajstić information content (AvgIpc) is 3.43.